The maximum atomic E-state index is 10.6. The Kier molecular flexibility index (Phi) is 2.40. The molecule has 0 aromatic carbocycles. The number of carboxylic acid groups (broad SMARTS) is 1. The fourth-order valence-electron chi connectivity index (χ4n) is 1.94. The molecule has 2 heterocycles. The summed E-state index contributed by atoms with van der Waals surface area (Å²) in [4.78, 5) is 12.8. The number of hydrogen-bond acceptors (Lipinski definition) is 3. The van der Waals surface area contributed by atoms with E-state index in [2.05, 4.69) is 9.47 Å². The van der Waals surface area contributed by atoms with Gasteiger partial charge in [-0.2, -0.15) is 0 Å². The molecule has 1 unspecified atom stereocenters. The Balaban J connectivity index is 2.17. The monoisotopic (exact) mass is 209 g/mol. The molecule has 0 amide bonds. The number of likely N-dealkylation sites (N-methyl/N-ethyl adjacent to an activating group) is 1. The smallest absolute Gasteiger partial charge is 0.320 e. The van der Waals surface area contributed by atoms with E-state index in [0.717, 1.165) is 24.6 Å². The van der Waals surface area contributed by atoms with Gasteiger partial charge in [-0.25, -0.2) is 0 Å². The van der Waals surface area contributed by atoms with Crippen molar-refractivity contribution in [2.75, 3.05) is 18.5 Å². The molecule has 5 nitrogen and oxygen atoms in total. The fourth-order valence-corrected chi connectivity index (χ4v) is 1.94. The topological polar surface area (TPSA) is 71.5 Å². The number of carbonyl (C=O) groups is 1. The van der Waals surface area contributed by atoms with Gasteiger partial charge in [0.2, 0.25) is 0 Å². The molecule has 1 aliphatic rings. The van der Waals surface area contributed by atoms with Gasteiger partial charge in [0, 0.05) is 32.3 Å². The normalized spacial score (nSPS) is 16.5. The zero-order valence-corrected chi connectivity index (χ0v) is 8.68. The van der Waals surface area contributed by atoms with Crippen molar-refractivity contribution in [1.82, 2.24) is 4.57 Å². The van der Waals surface area contributed by atoms with Gasteiger partial charge in [-0.15, -0.1) is 0 Å². The zero-order valence-electron chi connectivity index (χ0n) is 8.68. The Hall–Kier alpha value is -1.49. The minimum atomic E-state index is -0.947. The molecule has 1 aromatic heterocycles. The lowest BCUT2D eigenvalue weighted by molar-refractivity contribution is -0.138. The molecule has 0 radical (unpaired) electrons. The van der Waals surface area contributed by atoms with E-state index in [1.54, 1.807) is 0 Å². The lowest BCUT2D eigenvalue weighted by Crippen LogP contribution is -2.32. The largest absolute Gasteiger partial charge is 0.480 e. The van der Waals surface area contributed by atoms with Crippen LogP contribution in [0.1, 0.15) is 5.69 Å². The quantitative estimate of drug-likeness (QED) is 0.728. The molecule has 2 rings (SSSR count). The molecule has 15 heavy (non-hydrogen) atoms. The number of rotatable bonds is 3. The van der Waals surface area contributed by atoms with E-state index >= 15 is 0 Å². The predicted octanol–water partition coefficient (Wildman–Crippen LogP) is -0.108. The van der Waals surface area contributed by atoms with Crippen LogP contribution < -0.4 is 10.6 Å². The van der Waals surface area contributed by atoms with Gasteiger partial charge >= 0.3 is 5.97 Å². The summed E-state index contributed by atoms with van der Waals surface area (Å²) in [5, 5.41) is 8.74. The van der Waals surface area contributed by atoms with Crippen LogP contribution in [-0.2, 0) is 17.8 Å². The number of aliphatic carboxylic acids is 1. The molecule has 5 heteroatoms. The maximum absolute atomic E-state index is 10.6. The Morgan fingerprint density at radius 2 is 2.33 bits per heavy atom. The molecular formula is C10H15N3O2. The number of nitrogens with zero attached hydrogens (tertiary/aromatic N) is 2. The van der Waals surface area contributed by atoms with Gasteiger partial charge in [-0.05, 0) is 12.1 Å². The highest BCUT2D eigenvalue weighted by molar-refractivity contribution is 5.73. The van der Waals surface area contributed by atoms with Crippen molar-refractivity contribution in [2.24, 2.45) is 5.73 Å². The van der Waals surface area contributed by atoms with Gasteiger partial charge in [0.05, 0.1) is 0 Å². The minimum Gasteiger partial charge on any atom is -0.480 e. The Morgan fingerprint density at radius 3 is 3.00 bits per heavy atom. The average Bonchev–Trinajstić information content (AvgIpc) is 2.71. The number of fused-ring (bicyclic) bond motifs is 1. The molecular weight excluding hydrogens is 194 g/mol. The van der Waals surface area contributed by atoms with E-state index in [1.807, 2.05) is 19.2 Å². The minimum absolute atomic E-state index is 0.392. The number of aromatic nitrogens is 1. The van der Waals surface area contributed by atoms with E-state index in [1.165, 1.54) is 0 Å². The van der Waals surface area contributed by atoms with E-state index < -0.39 is 12.0 Å². The van der Waals surface area contributed by atoms with Crippen LogP contribution in [0.15, 0.2) is 12.1 Å². The maximum Gasteiger partial charge on any atom is 0.320 e. The van der Waals surface area contributed by atoms with E-state index in [9.17, 15) is 4.79 Å². The summed E-state index contributed by atoms with van der Waals surface area (Å²) in [5.41, 5.74) is 6.51. The average molecular weight is 209 g/mol. The zero-order chi connectivity index (χ0) is 11.0. The van der Waals surface area contributed by atoms with Gasteiger partial charge in [-0.3, -0.25) is 4.79 Å². The van der Waals surface area contributed by atoms with E-state index in [-0.39, 0.29) is 0 Å². The number of hydrogen-bond donors (Lipinski definition) is 2. The number of anilines is 1. The van der Waals surface area contributed by atoms with Gasteiger partial charge in [0.1, 0.15) is 11.9 Å². The summed E-state index contributed by atoms with van der Waals surface area (Å²) in [6, 6.07) is 3.15. The third-order valence-electron chi connectivity index (χ3n) is 2.84. The van der Waals surface area contributed by atoms with Gasteiger partial charge in [-0.1, -0.05) is 0 Å². The summed E-state index contributed by atoms with van der Waals surface area (Å²) >= 11 is 0. The first-order valence-corrected chi connectivity index (χ1v) is 4.97. The van der Waals surface area contributed by atoms with Gasteiger partial charge in [0.15, 0.2) is 0 Å². The van der Waals surface area contributed by atoms with Crippen LogP contribution in [0.3, 0.4) is 0 Å². The molecule has 0 saturated carbocycles. The highest BCUT2D eigenvalue weighted by Gasteiger charge is 2.21. The predicted molar refractivity (Wildman–Crippen MR) is 57.0 cm³/mol. The summed E-state index contributed by atoms with van der Waals surface area (Å²) in [7, 11) is 2.03. The van der Waals surface area contributed by atoms with Gasteiger partial charge in [0.25, 0.3) is 0 Å². The first-order chi connectivity index (χ1) is 7.09. The highest BCUT2D eigenvalue weighted by Crippen LogP contribution is 2.24. The second-order valence-corrected chi connectivity index (χ2v) is 3.90. The molecule has 0 aliphatic carbocycles. The SMILES string of the molecule is CN1CCn2c(CC(N)C(=O)O)ccc21. The third kappa shape index (κ3) is 1.70. The summed E-state index contributed by atoms with van der Waals surface area (Å²) in [6.45, 7) is 1.89. The van der Waals surface area contributed by atoms with Crippen molar-refractivity contribution >= 4 is 11.8 Å². The number of carboxylic acids is 1. The highest BCUT2D eigenvalue weighted by atomic mass is 16.4. The van der Waals surface area contributed by atoms with Crippen molar-refractivity contribution in [3.8, 4) is 0 Å². The summed E-state index contributed by atoms with van der Waals surface area (Å²) < 4.78 is 2.13. The standard InChI is InChI=1S/C10H15N3O2/c1-12-4-5-13-7(2-3-9(12)13)6-8(11)10(14)15/h2-3,8H,4-6,11H2,1H3,(H,14,15). The number of nitrogens with two attached hydrogens (primary N) is 1. The van der Waals surface area contributed by atoms with Crippen LogP contribution in [0.5, 0.6) is 0 Å². The Labute approximate surface area is 88.1 Å². The van der Waals surface area contributed by atoms with Crippen molar-refractivity contribution in [3.05, 3.63) is 17.8 Å². The fraction of sp³-hybridized carbons (Fsp3) is 0.500. The first kappa shape index (κ1) is 10.0. The first-order valence-electron chi connectivity index (χ1n) is 4.97. The molecule has 1 aliphatic heterocycles. The van der Waals surface area contributed by atoms with Crippen molar-refractivity contribution in [1.29, 1.82) is 0 Å². The molecule has 0 saturated heterocycles. The molecule has 0 spiro atoms. The van der Waals surface area contributed by atoms with E-state index in [0.29, 0.717) is 6.42 Å². The van der Waals surface area contributed by atoms with Crippen LogP contribution in [0.4, 0.5) is 5.82 Å². The molecule has 1 aromatic rings. The summed E-state index contributed by atoms with van der Waals surface area (Å²) in [6.07, 6.45) is 0.392. The van der Waals surface area contributed by atoms with Crippen LogP contribution in [0.2, 0.25) is 0 Å². The van der Waals surface area contributed by atoms with Crippen molar-refractivity contribution in [2.45, 2.75) is 19.0 Å². The van der Waals surface area contributed by atoms with Crippen molar-refractivity contribution in [3.63, 3.8) is 0 Å². The second kappa shape index (κ2) is 3.58. The Bertz CT molecular complexity index is 386. The van der Waals surface area contributed by atoms with Crippen molar-refractivity contribution < 1.29 is 9.90 Å². The second-order valence-electron chi connectivity index (χ2n) is 3.90. The summed E-state index contributed by atoms with van der Waals surface area (Å²) in [5.74, 6) is 0.194. The Morgan fingerprint density at radius 1 is 1.60 bits per heavy atom. The lowest BCUT2D eigenvalue weighted by Gasteiger charge is -2.09. The van der Waals surface area contributed by atoms with Crippen LogP contribution in [0, 0.1) is 0 Å². The van der Waals surface area contributed by atoms with Crippen LogP contribution in [-0.4, -0.2) is 35.3 Å². The lowest BCUT2D eigenvalue weighted by atomic mass is 10.2. The molecule has 0 bridgehead atoms. The molecule has 82 valence electrons. The van der Waals surface area contributed by atoms with E-state index in [4.69, 9.17) is 10.8 Å². The molecule has 0 fully saturated rings. The van der Waals surface area contributed by atoms with Crippen LogP contribution in [0.25, 0.3) is 0 Å². The van der Waals surface area contributed by atoms with Gasteiger partial charge < -0.3 is 20.3 Å². The molecule has 1 atom stereocenters. The van der Waals surface area contributed by atoms with Crippen LogP contribution >= 0.6 is 0 Å². The molecule has 3 N–H and O–H groups in total. The third-order valence-corrected chi connectivity index (χ3v) is 2.84.